The third-order valence-corrected chi connectivity index (χ3v) is 7.40. The Bertz CT molecular complexity index is 1170. The minimum Gasteiger partial charge on any atom is -0.299 e. The largest absolute Gasteiger partial charge is 0.299 e. The van der Waals surface area contributed by atoms with Crippen LogP contribution in [0.3, 0.4) is 0 Å². The summed E-state index contributed by atoms with van der Waals surface area (Å²) in [6.45, 7) is 5.51. The molecule has 1 fully saturated rings. The van der Waals surface area contributed by atoms with Gasteiger partial charge in [-0.25, -0.2) is 13.8 Å². The first-order chi connectivity index (χ1) is 17.5. The number of carbonyl (C=O) groups is 1. The second-order valence-corrected chi connectivity index (χ2v) is 9.73. The number of likely N-dealkylation sites (tertiary alicyclic amines) is 1. The number of piperidine rings is 1. The minimum atomic E-state index is -1.33. The average Bonchev–Trinajstić information content (AvgIpc) is 3.19. The molecular formula is C30H31F2N3O. The molecule has 186 valence electrons. The average molecular weight is 488 g/mol. The molecule has 0 bridgehead atoms. The summed E-state index contributed by atoms with van der Waals surface area (Å²) in [5.74, 6) is 0.189. The zero-order valence-corrected chi connectivity index (χ0v) is 20.5. The molecular weight excluding hydrogens is 456 g/mol. The molecule has 5 rings (SSSR count). The molecule has 0 N–H and O–H groups in total. The third kappa shape index (κ3) is 4.70. The van der Waals surface area contributed by atoms with Crippen molar-refractivity contribution in [1.82, 2.24) is 9.80 Å². The Balaban J connectivity index is 1.37. The summed E-state index contributed by atoms with van der Waals surface area (Å²) in [6.07, 6.45) is 2.62. The van der Waals surface area contributed by atoms with Gasteiger partial charge in [0.25, 0.3) is 5.91 Å². The van der Waals surface area contributed by atoms with Gasteiger partial charge in [0.1, 0.15) is 17.5 Å². The van der Waals surface area contributed by atoms with E-state index in [1.807, 2.05) is 17.9 Å². The maximum Gasteiger partial charge on any atom is 0.265 e. The number of hydrogen-bond donors (Lipinski definition) is 0. The van der Waals surface area contributed by atoms with Gasteiger partial charge in [-0.15, -0.1) is 0 Å². The lowest BCUT2D eigenvalue weighted by atomic mass is 9.82. The minimum absolute atomic E-state index is 0.149. The molecule has 0 atom stereocenters. The fourth-order valence-electron chi connectivity index (χ4n) is 5.42. The lowest BCUT2D eigenvalue weighted by Gasteiger charge is -2.35. The van der Waals surface area contributed by atoms with Gasteiger partial charge in [-0.2, -0.15) is 0 Å². The highest BCUT2D eigenvalue weighted by Gasteiger charge is 2.51. The van der Waals surface area contributed by atoms with E-state index in [1.54, 1.807) is 24.3 Å². The van der Waals surface area contributed by atoms with Crippen LogP contribution in [0.15, 0.2) is 83.9 Å². The van der Waals surface area contributed by atoms with Crippen LogP contribution in [0.2, 0.25) is 0 Å². The molecule has 0 saturated carbocycles. The highest BCUT2D eigenvalue weighted by atomic mass is 19.1. The van der Waals surface area contributed by atoms with Gasteiger partial charge in [0.15, 0.2) is 5.54 Å². The quantitative estimate of drug-likeness (QED) is 0.424. The number of benzene rings is 3. The molecule has 2 aliphatic rings. The Morgan fingerprint density at radius 3 is 1.94 bits per heavy atom. The maximum atomic E-state index is 14.2. The molecule has 0 aromatic heterocycles. The van der Waals surface area contributed by atoms with Crippen LogP contribution >= 0.6 is 0 Å². The number of amides is 1. The molecule has 2 aliphatic heterocycles. The van der Waals surface area contributed by atoms with Crippen molar-refractivity contribution in [1.29, 1.82) is 0 Å². The van der Waals surface area contributed by atoms with E-state index in [1.165, 1.54) is 29.8 Å². The number of hydrogen-bond acceptors (Lipinski definition) is 3. The zero-order valence-electron chi connectivity index (χ0n) is 20.5. The monoisotopic (exact) mass is 487 g/mol. The number of carbonyl (C=O) groups excluding carboxylic acids is 1. The topological polar surface area (TPSA) is 35.9 Å². The zero-order chi connectivity index (χ0) is 25.1. The summed E-state index contributed by atoms with van der Waals surface area (Å²) in [5.41, 5.74) is 1.16. The van der Waals surface area contributed by atoms with E-state index in [0.717, 1.165) is 38.3 Å². The first-order valence-corrected chi connectivity index (χ1v) is 12.7. The van der Waals surface area contributed by atoms with Gasteiger partial charge in [0, 0.05) is 19.5 Å². The fraction of sp³-hybridized carbons (Fsp3) is 0.333. The van der Waals surface area contributed by atoms with E-state index in [2.05, 4.69) is 29.2 Å². The van der Waals surface area contributed by atoms with E-state index >= 15 is 0 Å². The van der Waals surface area contributed by atoms with E-state index in [9.17, 15) is 13.6 Å². The lowest BCUT2D eigenvalue weighted by Crippen LogP contribution is -2.45. The van der Waals surface area contributed by atoms with Crippen molar-refractivity contribution in [2.75, 3.05) is 19.6 Å². The summed E-state index contributed by atoms with van der Waals surface area (Å²) in [4.78, 5) is 23.4. The van der Waals surface area contributed by atoms with Crippen molar-refractivity contribution >= 4 is 11.7 Å². The first-order valence-electron chi connectivity index (χ1n) is 12.7. The van der Waals surface area contributed by atoms with E-state index in [0.29, 0.717) is 30.0 Å². The summed E-state index contributed by atoms with van der Waals surface area (Å²) in [6, 6.07) is 22.3. The number of aliphatic imine (C=N–C) groups is 1. The van der Waals surface area contributed by atoms with Gasteiger partial charge in [-0.05, 0) is 72.8 Å². The predicted octanol–water partition coefficient (Wildman–Crippen LogP) is 5.77. The second-order valence-electron chi connectivity index (χ2n) is 9.73. The second kappa shape index (κ2) is 10.3. The SMILES string of the molecule is CCC1=NC(c2ccc(F)cc2)(c2ccc(F)cc2)C(=O)N1CC1CCN(Cc2ccccc2)CC1. The number of halogens is 2. The Morgan fingerprint density at radius 1 is 0.861 bits per heavy atom. The van der Waals surface area contributed by atoms with Crippen LogP contribution in [0.4, 0.5) is 8.78 Å². The molecule has 0 spiro atoms. The predicted molar refractivity (Wildman–Crippen MR) is 137 cm³/mol. The molecule has 36 heavy (non-hydrogen) atoms. The molecule has 0 radical (unpaired) electrons. The van der Waals surface area contributed by atoms with Crippen LogP contribution in [0, 0.1) is 17.6 Å². The summed E-state index contributed by atoms with van der Waals surface area (Å²) >= 11 is 0. The van der Waals surface area contributed by atoms with Crippen molar-refractivity contribution in [3.8, 4) is 0 Å². The summed E-state index contributed by atoms with van der Waals surface area (Å²) in [5, 5.41) is 0. The van der Waals surface area contributed by atoms with E-state index < -0.39 is 5.54 Å². The van der Waals surface area contributed by atoms with Gasteiger partial charge in [-0.1, -0.05) is 61.5 Å². The van der Waals surface area contributed by atoms with Gasteiger partial charge in [-0.3, -0.25) is 14.6 Å². The van der Waals surface area contributed by atoms with Gasteiger partial charge in [0.2, 0.25) is 0 Å². The van der Waals surface area contributed by atoms with E-state index in [4.69, 9.17) is 4.99 Å². The van der Waals surface area contributed by atoms with E-state index in [-0.39, 0.29) is 17.5 Å². The van der Waals surface area contributed by atoms with Crippen LogP contribution in [0.5, 0.6) is 0 Å². The van der Waals surface area contributed by atoms with Crippen molar-refractivity contribution in [2.45, 2.75) is 38.3 Å². The lowest BCUT2D eigenvalue weighted by molar-refractivity contribution is -0.130. The summed E-state index contributed by atoms with van der Waals surface area (Å²) < 4.78 is 27.5. The number of nitrogens with zero attached hydrogens (tertiary/aromatic N) is 3. The van der Waals surface area contributed by atoms with Crippen molar-refractivity contribution < 1.29 is 13.6 Å². The highest BCUT2D eigenvalue weighted by molar-refractivity contribution is 6.10. The smallest absolute Gasteiger partial charge is 0.265 e. The molecule has 6 heteroatoms. The van der Waals surface area contributed by atoms with Crippen LogP contribution in [0.25, 0.3) is 0 Å². The van der Waals surface area contributed by atoms with Crippen LogP contribution in [0.1, 0.15) is 42.9 Å². The Kier molecular flexibility index (Phi) is 6.97. The van der Waals surface area contributed by atoms with Crippen LogP contribution < -0.4 is 0 Å². The normalized spacial score (nSPS) is 18.5. The van der Waals surface area contributed by atoms with Crippen molar-refractivity contribution in [3.63, 3.8) is 0 Å². The van der Waals surface area contributed by atoms with Crippen molar-refractivity contribution in [3.05, 3.63) is 107 Å². The van der Waals surface area contributed by atoms with Crippen LogP contribution in [-0.2, 0) is 16.9 Å². The number of rotatable bonds is 7. The maximum absolute atomic E-state index is 14.2. The third-order valence-electron chi connectivity index (χ3n) is 7.40. The molecule has 3 aromatic rings. The highest BCUT2D eigenvalue weighted by Crippen LogP contribution is 2.41. The Morgan fingerprint density at radius 2 is 1.42 bits per heavy atom. The molecule has 0 aliphatic carbocycles. The molecule has 3 aromatic carbocycles. The molecule has 2 heterocycles. The Hall–Kier alpha value is -3.38. The number of amidine groups is 1. The molecule has 1 saturated heterocycles. The molecule has 4 nitrogen and oxygen atoms in total. The fourth-order valence-corrected chi connectivity index (χ4v) is 5.42. The first kappa shape index (κ1) is 24.3. The summed E-state index contributed by atoms with van der Waals surface area (Å²) in [7, 11) is 0. The molecule has 1 amide bonds. The van der Waals surface area contributed by atoms with Gasteiger partial charge in [0.05, 0.1) is 0 Å². The standard InChI is InChI=1S/C30H31F2N3O/c1-2-28-33-30(24-8-12-26(31)13-9-24,25-10-14-27(32)15-11-25)29(36)35(28)21-23-16-18-34(19-17-23)20-22-6-4-3-5-7-22/h3-15,23H,2,16-21H2,1H3. The van der Waals surface area contributed by atoms with Crippen LogP contribution in [-0.4, -0.2) is 41.2 Å². The van der Waals surface area contributed by atoms with Gasteiger partial charge < -0.3 is 0 Å². The molecule has 0 unspecified atom stereocenters. The van der Waals surface area contributed by atoms with Crippen molar-refractivity contribution in [2.24, 2.45) is 10.9 Å². The Labute approximate surface area is 211 Å². The van der Waals surface area contributed by atoms with Gasteiger partial charge >= 0.3 is 0 Å².